The molecule has 0 radical (unpaired) electrons. The van der Waals surface area contributed by atoms with Gasteiger partial charge in [0.15, 0.2) is 0 Å². The molecule has 2 rings (SSSR count). The molecule has 3 nitrogen and oxygen atoms in total. The molecule has 1 aromatic carbocycles. The van der Waals surface area contributed by atoms with Crippen molar-refractivity contribution in [2.24, 2.45) is 5.92 Å². The molecular formula is C14H15F3O3. The second-order valence-electron chi connectivity index (χ2n) is 4.68. The molecule has 1 fully saturated rings. The van der Waals surface area contributed by atoms with Crippen molar-refractivity contribution in [2.45, 2.75) is 25.1 Å². The van der Waals surface area contributed by atoms with Crippen molar-refractivity contribution in [1.82, 2.24) is 0 Å². The molecule has 0 N–H and O–H groups in total. The molecule has 0 bridgehead atoms. The van der Waals surface area contributed by atoms with Gasteiger partial charge < -0.3 is 9.47 Å². The Bertz CT molecular complexity index is 468. The average Bonchev–Trinajstić information content (AvgIpc) is 2.45. The number of carbonyl (C=O) groups excluding carboxylic acids is 1. The summed E-state index contributed by atoms with van der Waals surface area (Å²) in [5, 5.41) is 0. The van der Waals surface area contributed by atoms with Gasteiger partial charge in [0, 0.05) is 6.61 Å². The van der Waals surface area contributed by atoms with Crippen LogP contribution in [0.3, 0.4) is 0 Å². The molecule has 110 valence electrons. The third kappa shape index (κ3) is 3.12. The van der Waals surface area contributed by atoms with E-state index in [0.29, 0.717) is 24.3 Å². The zero-order valence-electron chi connectivity index (χ0n) is 10.9. The Labute approximate surface area is 114 Å². The van der Waals surface area contributed by atoms with Crippen LogP contribution >= 0.6 is 0 Å². The molecule has 2 atom stereocenters. The topological polar surface area (TPSA) is 35.5 Å². The van der Waals surface area contributed by atoms with Gasteiger partial charge in [0.1, 0.15) is 5.75 Å². The van der Waals surface area contributed by atoms with Crippen LogP contribution in [-0.4, -0.2) is 25.7 Å². The lowest BCUT2D eigenvalue weighted by atomic mass is 9.86. The van der Waals surface area contributed by atoms with E-state index >= 15 is 0 Å². The van der Waals surface area contributed by atoms with E-state index in [9.17, 15) is 18.0 Å². The molecule has 1 aromatic rings. The zero-order chi connectivity index (χ0) is 14.8. The Hall–Kier alpha value is -1.56. The predicted molar refractivity (Wildman–Crippen MR) is 65.5 cm³/mol. The van der Waals surface area contributed by atoms with E-state index in [4.69, 9.17) is 9.47 Å². The number of alkyl halides is 3. The summed E-state index contributed by atoms with van der Waals surface area (Å²) in [7, 11) is 1.50. The number of Topliss-reactive ketones (excluding diaryl/α,β-unsaturated/α-hetero) is 1. The van der Waals surface area contributed by atoms with Crippen molar-refractivity contribution in [2.75, 3.05) is 13.7 Å². The Morgan fingerprint density at radius 1 is 1.30 bits per heavy atom. The second-order valence-corrected chi connectivity index (χ2v) is 4.68. The van der Waals surface area contributed by atoms with E-state index in [0.717, 1.165) is 0 Å². The summed E-state index contributed by atoms with van der Waals surface area (Å²) in [6.07, 6.45) is -5.02. The summed E-state index contributed by atoms with van der Waals surface area (Å²) < 4.78 is 48.3. The van der Waals surface area contributed by atoms with Gasteiger partial charge in [0.2, 0.25) is 5.78 Å². The van der Waals surface area contributed by atoms with Crippen LogP contribution in [0.5, 0.6) is 5.75 Å². The van der Waals surface area contributed by atoms with Crippen LogP contribution in [0.25, 0.3) is 0 Å². The van der Waals surface area contributed by atoms with Crippen molar-refractivity contribution in [3.05, 3.63) is 29.8 Å². The molecule has 1 saturated heterocycles. The van der Waals surface area contributed by atoms with Crippen LogP contribution in [0.1, 0.15) is 24.5 Å². The molecule has 0 aliphatic carbocycles. The SMILES string of the molecule is COc1ccc([C@H]2OCCC[C@H]2C(=O)C(F)(F)F)cc1. The summed E-state index contributed by atoms with van der Waals surface area (Å²) >= 11 is 0. The first kappa shape index (κ1) is 14.8. The molecule has 0 saturated carbocycles. The Kier molecular flexibility index (Phi) is 4.32. The molecule has 20 heavy (non-hydrogen) atoms. The molecular weight excluding hydrogens is 273 g/mol. The second kappa shape index (κ2) is 5.83. The molecule has 6 heteroatoms. The van der Waals surface area contributed by atoms with E-state index in [1.807, 2.05) is 0 Å². The first-order valence-corrected chi connectivity index (χ1v) is 6.30. The summed E-state index contributed by atoms with van der Waals surface area (Å²) in [4.78, 5) is 11.5. The largest absolute Gasteiger partial charge is 0.497 e. The fourth-order valence-electron chi connectivity index (χ4n) is 2.38. The number of halogens is 3. The lowest BCUT2D eigenvalue weighted by molar-refractivity contribution is -0.183. The zero-order valence-corrected chi connectivity index (χ0v) is 10.9. The predicted octanol–water partition coefficient (Wildman–Crippen LogP) is 3.29. The highest BCUT2D eigenvalue weighted by Gasteiger charge is 2.47. The van der Waals surface area contributed by atoms with Gasteiger partial charge in [-0.3, -0.25) is 4.79 Å². The molecule has 1 aliphatic heterocycles. The van der Waals surface area contributed by atoms with Crippen LogP contribution in [0.2, 0.25) is 0 Å². The highest BCUT2D eigenvalue weighted by atomic mass is 19.4. The van der Waals surface area contributed by atoms with Crippen molar-refractivity contribution >= 4 is 5.78 Å². The monoisotopic (exact) mass is 288 g/mol. The Morgan fingerprint density at radius 3 is 2.50 bits per heavy atom. The number of ketones is 1. The first-order chi connectivity index (χ1) is 9.43. The summed E-state index contributed by atoms with van der Waals surface area (Å²) in [6.45, 7) is 0.359. The minimum atomic E-state index is -4.82. The van der Waals surface area contributed by atoms with Crippen molar-refractivity contribution in [3.63, 3.8) is 0 Å². The highest BCUT2D eigenvalue weighted by Crippen LogP contribution is 2.38. The number of hydrogen-bond donors (Lipinski definition) is 0. The molecule has 0 amide bonds. The van der Waals surface area contributed by atoms with Gasteiger partial charge in [0.25, 0.3) is 0 Å². The van der Waals surface area contributed by atoms with Gasteiger partial charge in [-0.1, -0.05) is 12.1 Å². The van der Waals surface area contributed by atoms with Gasteiger partial charge >= 0.3 is 6.18 Å². The standard InChI is InChI=1S/C14H15F3O3/c1-19-10-6-4-9(5-7-10)12-11(3-2-8-20-12)13(18)14(15,16)17/h4-7,11-12H,2-3,8H2,1H3/t11-,12-/m1/s1. The maximum absolute atomic E-state index is 12.6. The lowest BCUT2D eigenvalue weighted by Gasteiger charge is -2.31. The average molecular weight is 288 g/mol. The number of hydrogen-bond acceptors (Lipinski definition) is 3. The number of rotatable bonds is 3. The van der Waals surface area contributed by atoms with Gasteiger partial charge in [-0.15, -0.1) is 0 Å². The van der Waals surface area contributed by atoms with E-state index in [2.05, 4.69) is 0 Å². The van der Waals surface area contributed by atoms with Crippen LogP contribution in [0, 0.1) is 5.92 Å². The highest BCUT2D eigenvalue weighted by molar-refractivity contribution is 5.87. The molecule has 1 aliphatic rings. The summed E-state index contributed by atoms with van der Waals surface area (Å²) in [5.41, 5.74) is 0.563. The minimum Gasteiger partial charge on any atom is -0.497 e. The fraction of sp³-hybridized carbons (Fsp3) is 0.500. The molecule has 0 unspecified atom stereocenters. The fourth-order valence-corrected chi connectivity index (χ4v) is 2.38. The summed E-state index contributed by atoms with van der Waals surface area (Å²) in [6, 6.07) is 6.54. The quantitative estimate of drug-likeness (QED) is 0.856. The Balaban J connectivity index is 2.24. The van der Waals surface area contributed by atoms with Crippen LogP contribution in [0.15, 0.2) is 24.3 Å². The van der Waals surface area contributed by atoms with E-state index < -0.39 is 24.0 Å². The molecule has 0 spiro atoms. The Morgan fingerprint density at radius 2 is 1.95 bits per heavy atom. The normalized spacial score (nSPS) is 23.4. The molecule has 1 heterocycles. The van der Waals surface area contributed by atoms with Crippen LogP contribution in [0.4, 0.5) is 13.2 Å². The third-order valence-electron chi connectivity index (χ3n) is 3.38. The summed E-state index contributed by atoms with van der Waals surface area (Å²) in [5.74, 6) is -2.28. The van der Waals surface area contributed by atoms with E-state index in [1.165, 1.54) is 7.11 Å². The van der Waals surface area contributed by atoms with Gasteiger partial charge in [0.05, 0.1) is 19.1 Å². The van der Waals surface area contributed by atoms with Crippen LogP contribution in [-0.2, 0) is 9.53 Å². The van der Waals surface area contributed by atoms with Crippen molar-refractivity contribution < 1.29 is 27.4 Å². The van der Waals surface area contributed by atoms with Gasteiger partial charge in [-0.25, -0.2) is 0 Å². The van der Waals surface area contributed by atoms with E-state index in [1.54, 1.807) is 24.3 Å². The lowest BCUT2D eigenvalue weighted by Crippen LogP contribution is -2.37. The minimum absolute atomic E-state index is 0.190. The smallest absolute Gasteiger partial charge is 0.450 e. The first-order valence-electron chi connectivity index (χ1n) is 6.30. The molecule has 0 aromatic heterocycles. The van der Waals surface area contributed by atoms with Gasteiger partial charge in [-0.2, -0.15) is 13.2 Å². The van der Waals surface area contributed by atoms with Crippen LogP contribution < -0.4 is 4.74 Å². The maximum Gasteiger partial charge on any atom is 0.450 e. The van der Waals surface area contributed by atoms with Gasteiger partial charge in [-0.05, 0) is 30.5 Å². The number of benzene rings is 1. The van der Waals surface area contributed by atoms with E-state index in [-0.39, 0.29) is 6.42 Å². The maximum atomic E-state index is 12.6. The third-order valence-corrected chi connectivity index (χ3v) is 3.38. The number of carbonyl (C=O) groups is 1. The van der Waals surface area contributed by atoms with Crippen molar-refractivity contribution in [3.8, 4) is 5.75 Å². The number of methoxy groups -OCH3 is 1. The number of ether oxygens (including phenoxy) is 2. The van der Waals surface area contributed by atoms with Crippen molar-refractivity contribution in [1.29, 1.82) is 0 Å².